The van der Waals surface area contributed by atoms with Crippen molar-refractivity contribution in [3.8, 4) is 11.4 Å². The maximum absolute atomic E-state index is 13.0. The topological polar surface area (TPSA) is 42.2 Å². The first kappa shape index (κ1) is 14.5. The molecule has 2 aromatic heterocycles. The number of thiophene rings is 1. The minimum absolute atomic E-state index is 0.270. The van der Waals surface area contributed by atoms with Gasteiger partial charge in [-0.3, -0.25) is 4.90 Å². The molecule has 3 heterocycles. The van der Waals surface area contributed by atoms with E-state index in [4.69, 9.17) is 4.52 Å². The molecule has 1 unspecified atom stereocenters. The zero-order valence-electron chi connectivity index (χ0n) is 12.5. The van der Waals surface area contributed by atoms with Crippen LogP contribution in [0, 0.1) is 5.82 Å². The van der Waals surface area contributed by atoms with E-state index in [1.54, 1.807) is 23.5 Å². The summed E-state index contributed by atoms with van der Waals surface area (Å²) >= 11 is 1.79. The van der Waals surface area contributed by atoms with Gasteiger partial charge in [-0.05, 0) is 55.1 Å². The Hall–Kier alpha value is -2.05. The molecule has 118 valence electrons. The van der Waals surface area contributed by atoms with Crippen LogP contribution < -0.4 is 0 Å². The van der Waals surface area contributed by atoms with E-state index in [2.05, 4.69) is 32.6 Å². The summed E-state index contributed by atoms with van der Waals surface area (Å²) in [6.07, 6.45) is 2.35. The minimum Gasteiger partial charge on any atom is -0.338 e. The van der Waals surface area contributed by atoms with Gasteiger partial charge in [-0.25, -0.2) is 4.39 Å². The molecule has 1 aromatic carbocycles. The van der Waals surface area contributed by atoms with Crippen LogP contribution in [0.1, 0.15) is 29.7 Å². The van der Waals surface area contributed by atoms with Crippen molar-refractivity contribution in [3.05, 3.63) is 58.4 Å². The highest BCUT2D eigenvalue weighted by Gasteiger charge is 2.28. The Bertz CT molecular complexity index is 770. The van der Waals surface area contributed by atoms with E-state index in [1.807, 2.05) is 0 Å². The number of halogens is 1. The first-order valence-corrected chi connectivity index (χ1v) is 8.53. The Morgan fingerprint density at radius 2 is 2.13 bits per heavy atom. The standard InChI is InChI=1S/C17H16FN3OS/c18-13-7-5-12(6-8-13)17-19-16(22-20-17)11-21-9-1-3-14(21)15-4-2-10-23-15/h2,4-8,10,14H,1,3,9,11H2. The molecule has 3 aromatic rings. The fraction of sp³-hybridized carbons (Fsp3) is 0.294. The molecule has 1 saturated heterocycles. The summed E-state index contributed by atoms with van der Waals surface area (Å²) in [7, 11) is 0. The second kappa shape index (κ2) is 6.22. The van der Waals surface area contributed by atoms with Gasteiger partial charge in [-0.15, -0.1) is 11.3 Å². The van der Waals surface area contributed by atoms with Gasteiger partial charge in [-0.1, -0.05) is 11.2 Å². The lowest BCUT2D eigenvalue weighted by Crippen LogP contribution is -2.22. The van der Waals surface area contributed by atoms with Crippen molar-refractivity contribution in [2.45, 2.75) is 25.4 Å². The molecular formula is C17H16FN3OS. The monoisotopic (exact) mass is 329 g/mol. The predicted molar refractivity (Wildman–Crippen MR) is 86.4 cm³/mol. The molecule has 4 rings (SSSR count). The van der Waals surface area contributed by atoms with Gasteiger partial charge in [0.2, 0.25) is 11.7 Å². The number of hydrogen-bond donors (Lipinski definition) is 0. The summed E-state index contributed by atoms with van der Waals surface area (Å²) in [5.41, 5.74) is 0.762. The zero-order valence-corrected chi connectivity index (χ0v) is 13.3. The van der Waals surface area contributed by atoms with E-state index >= 15 is 0 Å². The van der Waals surface area contributed by atoms with Gasteiger partial charge in [-0.2, -0.15) is 4.98 Å². The number of likely N-dealkylation sites (tertiary alicyclic amines) is 1. The Balaban J connectivity index is 1.50. The van der Waals surface area contributed by atoms with Gasteiger partial charge in [0.25, 0.3) is 0 Å². The SMILES string of the molecule is Fc1ccc(-c2noc(CN3CCCC3c3cccs3)n2)cc1. The molecule has 0 spiro atoms. The van der Waals surface area contributed by atoms with Crippen LogP contribution in [0.25, 0.3) is 11.4 Å². The third-order valence-electron chi connectivity index (χ3n) is 4.14. The number of aromatic nitrogens is 2. The lowest BCUT2D eigenvalue weighted by atomic mass is 10.2. The van der Waals surface area contributed by atoms with Crippen LogP contribution in [0.5, 0.6) is 0 Å². The second-order valence-electron chi connectivity index (χ2n) is 5.66. The molecule has 0 N–H and O–H groups in total. The van der Waals surface area contributed by atoms with Crippen molar-refractivity contribution in [2.75, 3.05) is 6.54 Å². The maximum atomic E-state index is 13.0. The fourth-order valence-corrected chi connectivity index (χ4v) is 3.92. The summed E-state index contributed by atoms with van der Waals surface area (Å²) in [4.78, 5) is 8.22. The second-order valence-corrected chi connectivity index (χ2v) is 6.64. The van der Waals surface area contributed by atoms with Crippen LogP contribution in [0.15, 0.2) is 46.3 Å². The fourth-order valence-electron chi connectivity index (χ4n) is 3.03. The summed E-state index contributed by atoms with van der Waals surface area (Å²) in [5, 5.41) is 6.13. The molecule has 6 heteroatoms. The first-order valence-electron chi connectivity index (χ1n) is 7.65. The van der Waals surface area contributed by atoms with Crippen molar-refractivity contribution in [3.63, 3.8) is 0 Å². The van der Waals surface area contributed by atoms with Crippen molar-refractivity contribution in [1.29, 1.82) is 0 Å². The zero-order chi connectivity index (χ0) is 15.6. The number of benzene rings is 1. The van der Waals surface area contributed by atoms with Crippen LogP contribution in [0.2, 0.25) is 0 Å². The molecule has 23 heavy (non-hydrogen) atoms. The maximum Gasteiger partial charge on any atom is 0.241 e. The predicted octanol–water partition coefficient (Wildman–Crippen LogP) is 4.27. The van der Waals surface area contributed by atoms with E-state index in [-0.39, 0.29) is 5.82 Å². The highest BCUT2D eigenvalue weighted by atomic mass is 32.1. The summed E-state index contributed by atoms with van der Waals surface area (Å²) in [6, 6.07) is 10.8. The molecule has 1 aliphatic rings. The lowest BCUT2D eigenvalue weighted by Gasteiger charge is -2.21. The Kier molecular flexibility index (Phi) is 3.93. The Morgan fingerprint density at radius 3 is 2.91 bits per heavy atom. The van der Waals surface area contributed by atoms with Gasteiger partial charge >= 0.3 is 0 Å². The molecule has 1 fully saturated rings. The number of rotatable bonds is 4. The average Bonchev–Trinajstić information content (AvgIpc) is 3.29. The van der Waals surface area contributed by atoms with E-state index in [1.165, 1.54) is 29.9 Å². The molecule has 4 nitrogen and oxygen atoms in total. The van der Waals surface area contributed by atoms with Crippen molar-refractivity contribution < 1.29 is 8.91 Å². The van der Waals surface area contributed by atoms with Gasteiger partial charge in [0.1, 0.15) is 5.82 Å². The Morgan fingerprint density at radius 1 is 1.26 bits per heavy atom. The highest BCUT2D eigenvalue weighted by molar-refractivity contribution is 7.10. The van der Waals surface area contributed by atoms with Crippen LogP contribution in [-0.2, 0) is 6.54 Å². The normalized spacial score (nSPS) is 18.6. The van der Waals surface area contributed by atoms with E-state index in [0.717, 1.165) is 12.1 Å². The van der Waals surface area contributed by atoms with Crippen LogP contribution in [-0.4, -0.2) is 21.6 Å². The van der Waals surface area contributed by atoms with Gasteiger partial charge in [0, 0.05) is 16.5 Å². The third-order valence-corrected chi connectivity index (χ3v) is 5.12. The van der Waals surface area contributed by atoms with Gasteiger partial charge < -0.3 is 4.52 Å². The van der Waals surface area contributed by atoms with Crippen molar-refractivity contribution >= 4 is 11.3 Å². The third kappa shape index (κ3) is 3.04. The molecular weight excluding hydrogens is 313 g/mol. The van der Waals surface area contributed by atoms with Crippen molar-refractivity contribution in [1.82, 2.24) is 15.0 Å². The summed E-state index contributed by atoms with van der Waals surface area (Å²) in [5.74, 6) is 0.841. The van der Waals surface area contributed by atoms with E-state index in [9.17, 15) is 4.39 Å². The van der Waals surface area contributed by atoms with E-state index in [0.29, 0.717) is 24.3 Å². The summed E-state index contributed by atoms with van der Waals surface area (Å²) < 4.78 is 18.4. The van der Waals surface area contributed by atoms with Crippen molar-refractivity contribution in [2.24, 2.45) is 0 Å². The molecule has 0 radical (unpaired) electrons. The Labute approximate surface area is 137 Å². The number of hydrogen-bond acceptors (Lipinski definition) is 5. The molecule has 1 atom stereocenters. The quantitative estimate of drug-likeness (QED) is 0.717. The van der Waals surface area contributed by atoms with E-state index < -0.39 is 0 Å². The molecule has 0 bridgehead atoms. The van der Waals surface area contributed by atoms with Gasteiger partial charge in [0.05, 0.1) is 6.54 Å². The number of nitrogens with zero attached hydrogens (tertiary/aromatic N) is 3. The van der Waals surface area contributed by atoms with Crippen LogP contribution in [0.3, 0.4) is 0 Å². The minimum atomic E-state index is -0.270. The summed E-state index contributed by atoms with van der Waals surface area (Å²) in [6.45, 7) is 1.69. The lowest BCUT2D eigenvalue weighted by molar-refractivity contribution is 0.214. The largest absolute Gasteiger partial charge is 0.338 e. The molecule has 1 aliphatic heterocycles. The molecule has 0 saturated carbocycles. The van der Waals surface area contributed by atoms with Crippen LogP contribution >= 0.6 is 11.3 Å². The molecule has 0 amide bonds. The van der Waals surface area contributed by atoms with Gasteiger partial charge in [0.15, 0.2) is 0 Å². The smallest absolute Gasteiger partial charge is 0.241 e. The van der Waals surface area contributed by atoms with Crippen LogP contribution in [0.4, 0.5) is 4.39 Å². The average molecular weight is 329 g/mol. The molecule has 0 aliphatic carbocycles. The highest BCUT2D eigenvalue weighted by Crippen LogP contribution is 2.35. The first-order chi connectivity index (χ1) is 11.3.